The van der Waals surface area contributed by atoms with E-state index in [0.717, 1.165) is 22.7 Å². The molecule has 6 N–H and O–H groups in total. The number of nitrogens with two attached hydrogens (primary N) is 2. The maximum absolute atomic E-state index is 12.8. The molecule has 0 radical (unpaired) electrons. The molecule has 0 unspecified atom stereocenters. The van der Waals surface area contributed by atoms with E-state index < -0.39 is 34.0 Å². The summed E-state index contributed by atoms with van der Waals surface area (Å²) in [5.74, 6) is -2.73. The molecule has 1 aliphatic heterocycles. The molecule has 1 amide bonds. The van der Waals surface area contributed by atoms with E-state index in [1.54, 1.807) is 0 Å². The van der Waals surface area contributed by atoms with Gasteiger partial charge in [-0.05, 0) is 6.92 Å². The maximum Gasteiger partial charge on any atom is 0.362 e. The van der Waals surface area contributed by atoms with Gasteiger partial charge in [0, 0.05) is 11.8 Å². The number of rotatable bonds is 11. The predicted octanol–water partition coefficient (Wildman–Crippen LogP) is -0.731. The minimum atomic E-state index is -4.70. The second-order valence-corrected chi connectivity index (χ2v) is 9.68. The number of β-lactam (4-membered cyclic amide) rings is 1. The Morgan fingerprint density at radius 2 is 2.12 bits per heavy atom. The number of thiazole rings is 1. The first-order chi connectivity index (χ1) is 15.5. The summed E-state index contributed by atoms with van der Waals surface area (Å²) in [5, 5.41) is 20.4. The number of hydrogen-bond acceptors (Lipinski definition) is 14. The molecule has 3 heterocycles. The normalized spacial score (nSPS) is 18.7. The fourth-order valence-electron chi connectivity index (χ4n) is 2.82. The minimum absolute atomic E-state index is 0.0157. The van der Waals surface area contributed by atoms with Crippen molar-refractivity contribution in [2.24, 2.45) is 16.8 Å². The number of amidine groups is 1. The highest BCUT2D eigenvalue weighted by Crippen LogP contribution is 2.32. The third-order valence-corrected chi connectivity index (χ3v) is 6.91. The molecule has 0 bridgehead atoms. The van der Waals surface area contributed by atoms with Crippen LogP contribution in [-0.2, 0) is 24.7 Å². The molecule has 0 spiro atoms. The van der Waals surface area contributed by atoms with Crippen LogP contribution in [0.3, 0.4) is 0 Å². The van der Waals surface area contributed by atoms with Crippen molar-refractivity contribution < 1.29 is 32.1 Å². The van der Waals surface area contributed by atoms with Gasteiger partial charge in [0.25, 0.3) is 5.19 Å². The van der Waals surface area contributed by atoms with E-state index in [4.69, 9.17) is 31.0 Å². The minimum Gasteiger partial charge on any atom is -0.465 e. The predicted molar refractivity (Wildman–Crippen MR) is 116 cm³/mol. The molecule has 0 aromatic carbocycles. The molecule has 18 heteroatoms. The number of ether oxygens (including phenoxy) is 1. The zero-order valence-electron chi connectivity index (χ0n) is 16.9. The molecule has 178 valence electrons. The van der Waals surface area contributed by atoms with Crippen molar-refractivity contribution in [2.75, 3.05) is 18.9 Å². The number of hydrogen-bond donors (Lipinski definition) is 4. The zero-order chi connectivity index (χ0) is 24.3. The molecule has 0 saturated carbocycles. The van der Waals surface area contributed by atoms with Crippen LogP contribution < -0.4 is 16.2 Å². The van der Waals surface area contributed by atoms with Crippen LogP contribution >= 0.6 is 22.7 Å². The lowest BCUT2D eigenvalue weighted by Gasteiger charge is -2.41. The van der Waals surface area contributed by atoms with Crippen LogP contribution in [-0.4, -0.2) is 75.0 Å². The number of amides is 1. The Morgan fingerprint density at radius 1 is 1.39 bits per heavy atom. The van der Waals surface area contributed by atoms with Crippen molar-refractivity contribution in [3.05, 3.63) is 16.1 Å². The zero-order valence-corrected chi connectivity index (χ0v) is 19.3. The molecule has 0 aliphatic carbocycles. The Balaban J connectivity index is 1.62. The van der Waals surface area contributed by atoms with Crippen molar-refractivity contribution in [1.29, 1.82) is 5.41 Å². The number of carbonyl (C=O) groups excluding carboxylic acids is 2. The smallest absolute Gasteiger partial charge is 0.362 e. The van der Waals surface area contributed by atoms with Gasteiger partial charge in [0.15, 0.2) is 34.1 Å². The second kappa shape index (κ2) is 9.73. The molecular weight excluding hydrogens is 500 g/mol. The Bertz CT molecular complexity index is 1210. The van der Waals surface area contributed by atoms with Gasteiger partial charge in [0.05, 0.1) is 12.0 Å². The molecule has 1 fully saturated rings. The standard InChI is InChI=1S/C15H18N8O7S3/c1-6-7(13(25)23(6)33(26,27)28)4-9(24)10(8-5-31-14(18)19-8)22-30-3-2-29-15-21-20-12(32-15)11(16)17/h5-7H,2-4H2,1H3,(H3,16,17)(H2,18,19)(H,26,27,28)/b22-10-/t6-,7-/m0/s1. The van der Waals surface area contributed by atoms with Crippen LogP contribution in [0.25, 0.3) is 0 Å². The number of anilines is 1. The molecule has 1 saturated heterocycles. The lowest BCUT2D eigenvalue weighted by Crippen LogP contribution is -2.62. The summed E-state index contributed by atoms with van der Waals surface area (Å²) in [6.07, 6.45) is -0.374. The molecule has 2 atom stereocenters. The molecule has 3 rings (SSSR count). The van der Waals surface area contributed by atoms with Crippen molar-refractivity contribution in [3.63, 3.8) is 0 Å². The molecule has 1 aliphatic rings. The summed E-state index contributed by atoms with van der Waals surface area (Å²) >= 11 is 2.03. The summed E-state index contributed by atoms with van der Waals surface area (Å²) in [5.41, 5.74) is 10.8. The van der Waals surface area contributed by atoms with Gasteiger partial charge < -0.3 is 21.0 Å². The third kappa shape index (κ3) is 5.59. The molecule has 2 aromatic rings. The number of oxime groups is 1. The summed E-state index contributed by atoms with van der Waals surface area (Å²) in [6.45, 7) is 1.28. The first kappa shape index (κ1) is 24.4. The van der Waals surface area contributed by atoms with Gasteiger partial charge in [-0.2, -0.15) is 8.42 Å². The van der Waals surface area contributed by atoms with Crippen LogP contribution in [0.15, 0.2) is 10.5 Å². The Morgan fingerprint density at radius 3 is 2.67 bits per heavy atom. The van der Waals surface area contributed by atoms with Crippen molar-refractivity contribution in [1.82, 2.24) is 19.5 Å². The van der Waals surface area contributed by atoms with Gasteiger partial charge in [0.1, 0.15) is 12.3 Å². The number of Topliss-reactive ketones (excluding diaryl/α,β-unsaturated/α-hetero) is 1. The van der Waals surface area contributed by atoms with Gasteiger partial charge in [-0.15, -0.1) is 16.4 Å². The lowest BCUT2D eigenvalue weighted by molar-refractivity contribution is -0.147. The van der Waals surface area contributed by atoms with Crippen molar-refractivity contribution in [3.8, 4) is 5.19 Å². The molecule has 15 nitrogen and oxygen atoms in total. The number of ketones is 1. The maximum atomic E-state index is 12.8. The summed E-state index contributed by atoms with van der Waals surface area (Å²) in [4.78, 5) is 34.0. The first-order valence-corrected chi connectivity index (χ1v) is 12.1. The van der Waals surface area contributed by atoms with Crippen LogP contribution in [0, 0.1) is 11.3 Å². The quantitative estimate of drug-likeness (QED) is 0.0719. The van der Waals surface area contributed by atoms with Crippen LogP contribution in [0.2, 0.25) is 0 Å². The van der Waals surface area contributed by atoms with Gasteiger partial charge in [-0.1, -0.05) is 21.6 Å². The van der Waals surface area contributed by atoms with Gasteiger partial charge in [-0.3, -0.25) is 19.6 Å². The summed E-state index contributed by atoms with van der Waals surface area (Å²) in [7, 11) is -4.70. The molecule has 2 aromatic heterocycles. The van der Waals surface area contributed by atoms with E-state index in [1.807, 2.05) is 0 Å². The highest BCUT2D eigenvalue weighted by Gasteiger charge is 2.51. The topological polar surface area (TPSA) is 237 Å². The van der Waals surface area contributed by atoms with Crippen LogP contribution in [0.5, 0.6) is 5.19 Å². The summed E-state index contributed by atoms with van der Waals surface area (Å²) < 4.78 is 37.2. The first-order valence-electron chi connectivity index (χ1n) is 9.05. The monoisotopic (exact) mass is 518 g/mol. The molecule has 33 heavy (non-hydrogen) atoms. The van der Waals surface area contributed by atoms with Gasteiger partial charge >= 0.3 is 10.3 Å². The fraction of sp³-hybridized carbons (Fsp3) is 0.400. The van der Waals surface area contributed by atoms with E-state index >= 15 is 0 Å². The lowest BCUT2D eigenvalue weighted by atomic mass is 9.86. The number of aromatic nitrogens is 3. The van der Waals surface area contributed by atoms with Crippen molar-refractivity contribution >= 4 is 61.3 Å². The highest BCUT2D eigenvalue weighted by molar-refractivity contribution is 7.84. The Kier molecular flexibility index (Phi) is 7.20. The molecular formula is C15H18N8O7S3. The Hall–Kier alpha value is -3.22. The fourth-order valence-corrected chi connectivity index (χ4v) is 4.88. The van der Waals surface area contributed by atoms with Crippen LogP contribution in [0.4, 0.5) is 5.13 Å². The Labute approximate surface area is 194 Å². The SMILES string of the molecule is C[C@H]1[C@H](CC(=O)/C(=N\OCCOc2nnc(C(=N)N)s2)c2csc(N)n2)C(=O)N1S(=O)(=O)O. The number of nitrogens with one attached hydrogen (secondary N) is 1. The summed E-state index contributed by atoms with van der Waals surface area (Å²) in [6, 6.07) is -0.903. The average molecular weight is 519 g/mol. The van der Waals surface area contributed by atoms with E-state index in [-0.39, 0.29) is 52.2 Å². The number of nitrogens with zero attached hydrogens (tertiary/aromatic N) is 5. The van der Waals surface area contributed by atoms with E-state index in [9.17, 15) is 18.0 Å². The van der Waals surface area contributed by atoms with Gasteiger partial charge in [0.2, 0.25) is 5.91 Å². The third-order valence-electron chi connectivity index (χ3n) is 4.36. The van der Waals surface area contributed by atoms with E-state index in [0.29, 0.717) is 4.31 Å². The number of nitrogen functional groups attached to an aromatic ring is 2. The highest BCUT2D eigenvalue weighted by atomic mass is 32.2. The van der Waals surface area contributed by atoms with E-state index in [1.165, 1.54) is 12.3 Å². The van der Waals surface area contributed by atoms with Gasteiger partial charge in [-0.25, -0.2) is 9.29 Å². The van der Waals surface area contributed by atoms with E-state index in [2.05, 4.69) is 20.3 Å². The largest absolute Gasteiger partial charge is 0.465 e. The van der Waals surface area contributed by atoms with Crippen LogP contribution in [0.1, 0.15) is 24.0 Å². The number of carbonyl (C=O) groups is 2. The van der Waals surface area contributed by atoms with Crippen molar-refractivity contribution in [2.45, 2.75) is 19.4 Å². The second-order valence-electron chi connectivity index (χ2n) is 6.57. The average Bonchev–Trinajstić information content (AvgIpc) is 3.37.